The van der Waals surface area contributed by atoms with Crippen molar-refractivity contribution in [3.8, 4) is 0 Å². The van der Waals surface area contributed by atoms with Crippen LogP contribution in [0.25, 0.3) is 0 Å². The van der Waals surface area contributed by atoms with Crippen molar-refractivity contribution >= 4 is 29.2 Å². The minimum absolute atomic E-state index is 0.0395. The summed E-state index contributed by atoms with van der Waals surface area (Å²) >= 11 is -0.0395. The van der Waals surface area contributed by atoms with Gasteiger partial charge in [0.2, 0.25) is 0 Å². The third kappa shape index (κ3) is 5.05. The zero-order valence-corrected chi connectivity index (χ0v) is 19.0. The van der Waals surface area contributed by atoms with Crippen molar-refractivity contribution in [2.75, 3.05) is 13.7 Å². The van der Waals surface area contributed by atoms with Crippen molar-refractivity contribution < 1.29 is 19.1 Å². The van der Waals surface area contributed by atoms with Gasteiger partial charge < -0.3 is 0 Å². The fourth-order valence-corrected chi connectivity index (χ4v) is 10.5. The van der Waals surface area contributed by atoms with Gasteiger partial charge in [-0.15, -0.1) is 0 Å². The summed E-state index contributed by atoms with van der Waals surface area (Å²) in [5, 5.41) is 10.5. The van der Waals surface area contributed by atoms with Gasteiger partial charge in [0.25, 0.3) is 0 Å². The summed E-state index contributed by atoms with van der Waals surface area (Å²) < 4.78 is 10.5. The summed E-state index contributed by atoms with van der Waals surface area (Å²) in [6.45, 7) is 15.8. The number of methoxy groups -OCH3 is 1. The molecule has 0 saturated carbocycles. The first-order valence-corrected chi connectivity index (χ1v) is 13.2. The van der Waals surface area contributed by atoms with E-state index in [0.29, 0.717) is 29.7 Å². The first-order chi connectivity index (χ1) is 10.5. The second-order valence-electron chi connectivity index (χ2n) is 7.27. The van der Waals surface area contributed by atoms with E-state index in [2.05, 4.69) is 41.5 Å². The Kier molecular flexibility index (Phi) is 9.62. The monoisotopic (exact) mass is 412 g/mol. The van der Waals surface area contributed by atoms with Gasteiger partial charge in [-0.2, -0.15) is 0 Å². The Morgan fingerprint density at radius 1 is 1.13 bits per heavy atom. The predicted molar refractivity (Wildman–Crippen MR) is 99.6 cm³/mol. The molecular weight excluding hydrogens is 375 g/mol. The number of aliphatic hydroxyl groups excluding tert-OH is 1. The van der Waals surface area contributed by atoms with Crippen molar-refractivity contribution in [1.82, 2.24) is 0 Å². The molecule has 4 nitrogen and oxygen atoms in total. The van der Waals surface area contributed by atoms with Gasteiger partial charge in [0.05, 0.1) is 0 Å². The van der Waals surface area contributed by atoms with E-state index in [-0.39, 0.29) is 20.9 Å². The molecule has 0 aromatic heterocycles. The van der Waals surface area contributed by atoms with E-state index in [1.807, 2.05) is 5.82 Å². The number of carbonyl (C=O) groups excluding carboxylic acids is 1. The topological polar surface area (TPSA) is 55.8 Å². The Balaban J connectivity index is 5.00. The molecule has 0 aromatic carbocycles. The second kappa shape index (κ2) is 9.57. The number of hydrogen-bond acceptors (Lipinski definition) is 4. The van der Waals surface area contributed by atoms with Gasteiger partial charge in [0, 0.05) is 0 Å². The Labute approximate surface area is 150 Å². The van der Waals surface area contributed by atoms with Crippen LogP contribution in [0.15, 0.2) is 0 Å². The van der Waals surface area contributed by atoms with E-state index >= 15 is 0 Å². The molecule has 0 bridgehead atoms. The fourth-order valence-electron chi connectivity index (χ4n) is 3.68. The van der Waals surface area contributed by atoms with Gasteiger partial charge in [-0.05, 0) is 0 Å². The molecule has 1 N–H and O–H groups in total. The van der Waals surface area contributed by atoms with Gasteiger partial charge in [0.1, 0.15) is 0 Å². The van der Waals surface area contributed by atoms with E-state index in [0.717, 1.165) is 0 Å². The van der Waals surface area contributed by atoms with Crippen LogP contribution in [0.1, 0.15) is 54.9 Å². The Morgan fingerprint density at radius 2 is 1.57 bits per heavy atom. The second-order valence-corrected chi connectivity index (χ2v) is 15.4. The van der Waals surface area contributed by atoms with Crippen molar-refractivity contribution in [1.29, 1.82) is 0 Å². The molecule has 23 heavy (non-hydrogen) atoms. The van der Waals surface area contributed by atoms with E-state index in [1.54, 1.807) is 6.92 Å². The van der Waals surface area contributed by atoms with Gasteiger partial charge >= 0.3 is 150 Å². The number of ether oxygens (including phenoxy) is 1. The summed E-state index contributed by atoms with van der Waals surface area (Å²) in [6, 6.07) is 0. The summed E-state index contributed by atoms with van der Waals surface area (Å²) in [7, 11) is -0.543. The number of aliphatic hydroxyl groups is 1. The van der Waals surface area contributed by atoms with Gasteiger partial charge in [-0.25, -0.2) is 0 Å². The van der Waals surface area contributed by atoms with Gasteiger partial charge in [-0.1, -0.05) is 0 Å². The molecule has 0 rings (SSSR count). The molecule has 0 aliphatic rings. The van der Waals surface area contributed by atoms with Crippen LogP contribution in [0.2, 0.25) is 26.8 Å². The summed E-state index contributed by atoms with van der Waals surface area (Å²) in [4.78, 5) is 12.0. The van der Waals surface area contributed by atoms with Crippen LogP contribution in [0.5, 0.6) is 0 Å². The van der Waals surface area contributed by atoms with Crippen LogP contribution < -0.4 is 0 Å². The molecule has 0 unspecified atom stereocenters. The third-order valence-corrected chi connectivity index (χ3v) is 13.9. The average molecular weight is 412 g/mol. The van der Waals surface area contributed by atoms with Crippen LogP contribution in [-0.4, -0.2) is 54.2 Å². The minimum atomic E-state index is -1.92. The van der Waals surface area contributed by atoms with Crippen LogP contribution in [0.4, 0.5) is 0 Å². The van der Waals surface area contributed by atoms with E-state index in [1.165, 1.54) is 7.11 Å². The van der Waals surface area contributed by atoms with Crippen molar-refractivity contribution in [2.24, 2.45) is 0 Å². The fraction of sp³-hybridized carbons (Fsp3) is 0.941. The van der Waals surface area contributed by atoms with Gasteiger partial charge in [0.15, 0.2) is 0 Å². The van der Waals surface area contributed by atoms with E-state index < -0.39 is 18.7 Å². The number of carbonyl (C=O) groups is 1. The predicted octanol–water partition coefficient (Wildman–Crippen LogP) is 4.03. The van der Waals surface area contributed by atoms with Crippen molar-refractivity contribution in [3.63, 3.8) is 0 Å². The molecule has 138 valence electrons. The maximum absolute atomic E-state index is 12.0. The third-order valence-electron chi connectivity index (χ3n) is 5.10. The molecule has 0 aromatic rings. The average Bonchev–Trinajstić information content (AvgIpc) is 2.48. The molecule has 0 aliphatic carbocycles. The molecule has 0 radical (unpaired) electrons. The van der Waals surface area contributed by atoms with Crippen LogP contribution in [-0.2, 0) is 14.0 Å². The van der Waals surface area contributed by atoms with E-state index in [9.17, 15) is 9.90 Å². The molecule has 0 fully saturated rings. The van der Waals surface area contributed by atoms with Crippen LogP contribution in [0.3, 0.4) is 0 Å². The molecule has 6 heteroatoms. The SMILES string of the molecule is COC(=O)[C@@](C)([Se]C)[C@H](O)CCO[Si](C(C)C)(C(C)C)C(C)C. The molecular formula is C17H36O4SeSi. The number of hydrogen-bond donors (Lipinski definition) is 1. The molecule has 0 amide bonds. The maximum atomic E-state index is 12.0. The molecule has 0 saturated heterocycles. The van der Waals surface area contributed by atoms with Crippen LogP contribution in [0, 0.1) is 0 Å². The first-order valence-electron chi connectivity index (χ1n) is 8.46. The van der Waals surface area contributed by atoms with E-state index in [4.69, 9.17) is 9.16 Å². The number of esters is 1. The van der Waals surface area contributed by atoms with Crippen molar-refractivity contribution in [3.05, 3.63) is 0 Å². The van der Waals surface area contributed by atoms with Gasteiger partial charge in [-0.3, -0.25) is 0 Å². The molecule has 2 atom stereocenters. The standard InChI is InChI=1S/C17H36O4SeSi/c1-12(2)23(13(3)4,14(5)6)21-11-10-15(18)17(7,22-9)16(19)20-8/h12-15,18H,10-11H2,1-9H3/t15-,17+/m1/s1. The molecule has 0 spiro atoms. The summed E-state index contributed by atoms with van der Waals surface area (Å²) in [6.07, 6.45) is -0.250. The Bertz CT molecular complexity index is 352. The van der Waals surface area contributed by atoms with Crippen LogP contribution >= 0.6 is 0 Å². The normalized spacial score (nSPS) is 16.7. The zero-order valence-electron chi connectivity index (χ0n) is 16.3. The Hall–Kier alpha value is 0.126. The first kappa shape index (κ1) is 23.1. The quantitative estimate of drug-likeness (QED) is 0.436. The molecule has 0 aliphatic heterocycles. The summed E-state index contributed by atoms with van der Waals surface area (Å²) in [5.74, 6) is 1.64. The molecule has 0 heterocycles. The summed E-state index contributed by atoms with van der Waals surface area (Å²) in [5.41, 5.74) is 1.55. The zero-order chi connectivity index (χ0) is 18.4. The Morgan fingerprint density at radius 3 is 1.87 bits per heavy atom. The number of rotatable bonds is 10. The van der Waals surface area contributed by atoms with Crippen molar-refractivity contribution in [2.45, 2.75) is 87.8 Å².